The minimum Gasteiger partial charge on any atom is -0.455 e. The predicted octanol–water partition coefficient (Wildman–Crippen LogP) is 10.9. The Balaban J connectivity index is 1.15. The Morgan fingerprint density at radius 3 is 0.930 bits per heavy atom. The monoisotopic (exact) mass is 1160 g/mol. The average molecular weight is 1160 g/mol. The average Bonchev–Trinajstić information content (AvgIpc) is 1.08. The van der Waals surface area contributed by atoms with Gasteiger partial charge in [-0.3, -0.25) is 4.79 Å². The van der Waals surface area contributed by atoms with Gasteiger partial charge < -0.3 is 52.1 Å². The summed E-state index contributed by atoms with van der Waals surface area (Å²) < 4.78 is 74.1. The van der Waals surface area contributed by atoms with Gasteiger partial charge in [-0.15, -0.1) is 0 Å². The molecule has 0 N–H and O–H groups in total. The lowest BCUT2D eigenvalue weighted by molar-refractivity contribution is -0.355. The molecule has 0 aromatic heterocycles. The maximum absolute atomic E-state index is 14.9. The SMILES string of the molecule is CC(=O)O[C@H]1[C@H](OC(=O)c2ccccc2)[C@@H](OC(=O)c2ccccc2)[C@@H](OC(=O)c2ccccc2)[C@H](OC(=O)c2ccccc2)[C@@H]1O[C@H]1O[C@H](COCc2ccccc2)[C@@H](OCc2ccccc2)[C@H](OCc2ccccc2)[C@@H]1OCc1ccccc1. The molecule has 16 nitrogen and oxygen atoms in total. The maximum Gasteiger partial charge on any atom is 0.338 e. The lowest BCUT2D eigenvalue weighted by Crippen LogP contribution is -2.70. The molecular formula is C70H64O16. The summed E-state index contributed by atoms with van der Waals surface area (Å²) >= 11 is 0. The molecule has 1 aliphatic carbocycles. The second-order valence-corrected chi connectivity index (χ2v) is 20.4. The number of carbonyl (C=O) groups is 5. The van der Waals surface area contributed by atoms with E-state index in [9.17, 15) is 24.0 Å². The van der Waals surface area contributed by atoms with Crippen LogP contribution in [0.3, 0.4) is 0 Å². The smallest absolute Gasteiger partial charge is 0.338 e. The Kier molecular flexibility index (Phi) is 21.0. The maximum atomic E-state index is 14.9. The molecule has 0 spiro atoms. The van der Waals surface area contributed by atoms with E-state index in [1.165, 1.54) is 48.5 Å². The molecule has 0 amide bonds. The molecule has 2 fully saturated rings. The second kappa shape index (κ2) is 30.1. The van der Waals surface area contributed by atoms with Crippen molar-refractivity contribution in [3.63, 3.8) is 0 Å². The van der Waals surface area contributed by atoms with Crippen LogP contribution in [0.1, 0.15) is 70.6 Å². The normalized spacial score (nSPS) is 22.5. The Morgan fingerprint density at radius 2 is 0.593 bits per heavy atom. The number of hydrogen-bond donors (Lipinski definition) is 0. The van der Waals surface area contributed by atoms with Crippen LogP contribution in [0.15, 0.2) is 243 Å². The number of rotatable bonds is 24. The first kappa shape index (κ1) is 60.0. The highest BCUT2D eigenvalue weighted by Gasteiger charge is 2.62. The van der Waals surface area contributed by atoms with Crippen LogP contribution in [-0.2, 0) is 83.3 Å². The van der Waals surface area contributed by atoms with Gasteiger partial charge in [-0.2, -0.15) is 0 Å². The van der Waals surface area contributed by atoms with Gasteiger partial charge in [0.05, 0.1) is 55.3 Å². The topological polar surface area (TPSA) is 187 Å². The molecule has 2 aliphatic rings. The number of carbonyl (C=O) groups excluding carboxylic acids is 5. The van der Waals surface area contributed by atoms with Crippen molar-refractivity contribution in [2.75, 3.05) is 6.61 Å². The number of esters is 5. The molecule has 8 aromatic rings. The standard InChI is InChI=1S/C70H64O16/c1-47(71)80-59-60(82-66(72)52-34-18-6-19-35-52)61(83-67(73)53-36-20-7-21-37-53)62(84-68(74)54-38-22-8-23-39-54)63(85-69(75)55-40-24-9-25-41-55)64(59)86-70-65(79-45-51-32-16-5-17-33-51)58(78-44-50-30-14-4-15-31-50)57(77-43-49-28-12-3-13-29-49)56(81-70)46-76-42-48-26-10-2-11-27-48/h2-41,56-65,70H,42-46H2,1H3/t56-,57-,58+,59+,60+,61-,62-,63+,64-,65+,70-/m1/s1. The van der Waals surface area contributed by atoms with Crippen molar-refractivity contribution in [3.05, 3.63) is 287 Å². The van der Waals surface area contributed by atoms with E-state index in [1.54, 1.807) is 72.8 Å². The fourth-order valence-electron chi connectivity index (χ4n) is 10.2. The van der Waals surface area contributed by atoms with Gasteiger partial charge in [0.25, 0.3) is 0 Å². The molecule has 1 saturated carbocycles. The van der Waals surface area contributed by atoms with E-state index >= 15 is 0 Å². The molecule has 1 saturated heterocycles. The summed E-state index contributed by atoms with van der Waals surface area (Å²) in [4.78, 5) is 72.7. The Labute approximate surface area is 498 Å². The third-order valence-corrected chi connectivity index (χ3v) is 14.4. The van der Waals surface area contributed by atoms with Crippen molar-refractivity contribution in [2.45, 2.75) is 101 Å². The highest BCUT2D eigenvalue weighted by Crippen LogP contribution is 2.40. The number of benzene rings is 8. The highest BCUT2D eigenvalue weighted by molar-refractivity contribution is 5.92. The highest BCUT2D eigenvalue weighted by atomic mass is 16.7. The molecule has 16 heteroatoms. The molecular weight excluding hydrogens is 1100 g/mol. The lowest BCUT2D eigenvalue weighted by Gasteiger charge is -2.51. The third-order valence-electron chi connectivity index (χ3n) is 14.4. The van der Waals surface area contributed by atoms with Gasteiger partial charge in [0.2, 0.25) is 0 Å². The largest absolute Gasteiger partial charge is 0.455 e. The molecule has 8 aromatic carbocycles. The fraction of sp³-hybridized carbons (Fsp3) is 0.243. The third kappa shape index (κ3) is 16.0. The summed E-state index contributed by atoms with van der Waals surface area (Å²) in [6, 6.07) is 69.8. The molecule has 0 bridgehead atoms. The lowest BCUT2D eigenvalue weighted by atomic mass is 9.83. The van der Waals surface area contributed by atoms with Crippen molar-refractivity contribution < 1.29 is 76.1 Å². The van der Waals surface area contributed by atoms with E-state index in [-0.39, 0.29) is 55.3 Å². The van der Waals surface area contributed by atoms with Crippen LogP contribution in [0.25, 0.3) is 0 Å². The Hall–Kier alpha value is -9.13. The summed E-state index contributed by atoms with van der Waals surface area (Å²) in [5, 5.41) is 0. The summed E-state index contributed by atoms with van der Waals surface area (Å²) in [5.41, 5.74) is 3.51. The number of ether oxygens (including phenoxy) is 11. The summed E-state index contributed by atoms with van der Waals surface area (Å²) in [5.74, 6) is -4.75. The van der Waals surface area contributed by atoms with E-state index in [0.29, 0.717) is 0 Å². The molecule has 10 rings (SSSR count). The quantitative estimate of drug-likeness (QED) is 0.0410. The Bertz CT molecular complexity index is 3400. The van der Waals surface area contributed by atoms with Gasteiger partial charge in [-0.05, 0) is 70.8 Å². The van der Waals surface area contributed by atoms with Crippen molar-refractivity contribution in [1.29, 1.82) is 0 Å². The molecule has 11 atom stereocenters. The summed E-state index contributed by atoms with van der Waals surface area (Å²) in [7, 11) is 0. The molecule has 440 valence electrons. The zero-order valence-corrected chi connectivity index (χ0v) is 47.0. The van der Waals surface area contributed by atoms with Crippen molar-refractivity contribution in [2.24, 2.45) is 0 Å². The minimum absolute atomic E-state index is 0.0307. The molecule has 1 aliphatic heterocycles. The van der Waals surface area contributed by atoms with Crippen LogP contribution < -0.4 is 0 Å². The van der Waals surface area contributed by atoms with Gasteiger partial charge in [0.1, 0.15) is 30.5 Å². The first-order valence-corrected chi connectivity index (χ1v) is 28.3. The van der Waals surface area contributed by atoms with Gasteiger partial charge in [0.15, 0.2) is 36.8 Å². The zero-order chi connectivity index (χ0) is 59.5. The van der Waals surface area contributed by atoms with Crippen molar-refractivity contribution in [3.8, 4) is 0 Å². The second-order valence-electron chi connectivity index (χ2n) is 20.4. The fourth-order valence-corrected chi connectivity index (χ4v) is 10.2. The van der Waals surface area contributed by atoms with Crippen LogP contribution in [0.4, 0.5) is 0 Å². The van der Waals surface area contributed by atoms with Crippen molar-refractivity contribution >= 4 is 29.8 Å². The van der Waals surface area contributed by atoms with Crippen LogP contribution in [0.5, 0.6) is 0 Å². The minimum atomic E-state index is -1.92. The molecule has 1 heterocycles. The van der Waals surface area contributed by atoms with Crippen LogP contribution in [0.2, 0.25) is 0 Å². The van der Waals surface area contributed by atoms with E-state index in [4.69, 9.17) is 52.1 Å². The van der Waals surface area contributed by atoms with Gasteiger partial charge in [0, 0.05) is 6.92 Å². The van der Waals surface area contributed by atoms with E-state index in [1.807, 2.05) is 121 Å². The van der Waals surface area contributed by atoms with Gasteiger partial charge in [-0.1, -0.05) is 194 Å². The van der Waals surface area contributed by atoms with Gasteiger partial charge >= 0.3 is 29.8 Å². The van der Waals surface area contributed by atoms with Gasteiger partial charge in [-0.25, -0.2) is 19.2 Å². The van der Waals surface area contributed by atoms with Crippen LogP contribution >= 0.6 is 0 Å². The summed E-state index contributed by atoms with van der Waals surface area (Å²) in [6.07, 6.45) is -17.3. The first-order chi connectivity index (χ1) is 42.1. The first-order valence-electron chi connectivity index (χ1n) is 28.3. The van der Waals surface area contributed by atoms with E-state index in [0.717, 1.165) is 29.2 Å². The Morgan fingerprint density at radius 1 is 0.314 bits per heavy atom. The molecule has 0 unspecified atom stereocenters. The zero-order valence-electron chi connectivity index (χ0n) is 47.0. The molecule has 0 radical (unpaired) electrons. The predicted molar refractivity (Wildman–Crippen MR) is 313 cm³/mol. The van der Waals surface area contributed by atoms with Crippen molar-refractivity contribution in [1.82, 2.24) is 0 Å². The molecule has 86 heavy (non-hydrogen) atoms. The van der Waals surface area contributed by atoms with Crippen LogP contribution in [-0.4, -0.2) is 104 Å². The van der Waals surface area contributed by atoms with E-state index < -0.39 is 97.2 Å². The number of hydrogen-bond acceptors (Lipinski definition) is 16. The summed E-state index contributed by atoms with van der Waals surface area (Å²) in [6.45, 7) is 1.30. The van der Waals surface area contributed by atoms with Crippen LogP contribution in [0, 0.1) is 0 Å². The van der Waals surface area contributed by atoms with E-state index in [2.05, 4.69) is 0 Å².